The lowest BCUT2D eigenvalue weighted by Crippen LogP contribution is -2.50. The molecule has 0 unspecified atom stereocenters. The van der Waals surface area contributed by atoms with Crippen molar-refractivity contribution in [2.24, 2.45) is 5.41 Å². The molecule has 30 heavy (non-hydrogen) atoms. The van der Waals surface area contributed by atoms with Crippen LogP contribution in [0, 0.1) is 12.3 Å². The maximum Gasteiger partial charge on any atom is 0.226 e. The summed E-state index contributed by atoms with van der Waals surface area (Å²) in [4.78, 5) is 20.1. The first-order chi connectivity index (χ1) is 14.5. The Morgan fingerprint density at radius 3 is 2.30 bits per heavy atom. The highest BCUT2D eigenvalue weighted by Crippen LogP contribution is 2.37. The Labute approximate surface area is 181 Å². The van der Waals surface area contributed by atoms with Gasteiger partial charge in [0.25, 0.3) is 0 Å². The van der Waals surface area contributed by atoms with Crippen molar-refractivity contribution in [2.75, 3.05) is 68.8 Å². The van der Waals surface area contributed by atoms with Gasteiger partial charge in [0, 0.05) is 51.9 Å². The fraction of sp³-hybridized carbons (Fsp3) is 0.708. The van der Waals surface area contributed by atoms with Gasteiger partial charge in [-0.15, -0.1) is 0 Å². The fourth-order valence-corrected chi connectivity index (χ4v) is 5.37. The summed E-state index contributed by atoms with van der Waals surface area (Å²) in [6.07, 6.45) is 2.87. The quantitative estimate of drug-likeness (QED) is 0.776. The third-order valence-corrected chi connectivity index (χ3v) is 7.48. The van der Waals surface area contributed by atoms with E-state index in [4.69, 9.17) is 4.74 Å². The summed E-state index contributed by atoms with van der Waals surface area (Å²) in [5.74, 6) is 0.269. The van der Waals surface area contributed by atoms with E-state index in [1.165, 1.54) is 16.9 Å². The van der Waals surface area contributed by atoms with Gasteiger partial charge in [0.2, 0.25) is 5.91 Å². The Bertz CT molecular complexity index is 735. The Balaban J connectivity index is 1.37. The van der Waals surface area contributed by atoms with E-state index in [1.54, 1.807) is 0 Å². The molecule has 0 bridgehead atoms. The summed E-state index contributed by atoms with van der Waals surface area (Å²) in [5.41, 5.74) is 3.88. The van der Waals surface area contributed by atoms with Gasteiger partial charge >= 0.3 is 0 Å². The monoisotopic (exact) mass is 414 g/mol. The van der Waals surface area contributed by atoms with Crippen LogP contribution >= 0.6 is 0 Å². The number of hydrogen-bond acceptors (Lipinski definition) is 5. The molecule has 6 heteroatoms. The molecular weight excluding hydrogens is 376 g/mol. The molecule has 1 atom stereocenters. The van der Waals surface area contributed by atoms with Crippen molar-refractivity contribution in [1.82, 2.24) is 10.2 Å². The highest BCUT2D eigenvalue weighted by Gasteiger charge is 2.44. The minimum Gasteiger partial charge on any atom is -0.378 e. The molecule has 3 aliphatic rings. The van der Waals surface area contributed by atoms with E-state index in [1.807, 2.05) is 0 Å². The van der Waals surface area contributed by atoms with Crippen molar-refractivity contribution in [3.63, 3.8) is 0 Å². The van der Waals surface area contributed by atoms with E-state index in [2.05, 4.69) is 59.0 Å². The number of benzene rings is 1. The standard InChI is InChI=1S/C24H38N4O2/c1-4-24(5-2)17-20(25-23(24)29)18-26-8-10-27(11-9-26)21-7-6-19(3)16-22(21)28-12-14-30-15-13-28/h6-7,16,20H,4-5,8-15,17-18H2,1-3H3,(H,25,29)/t20-/m1/s1. The first-order valence-corrected chi connectivity index (χ1v) is 11.8. The Kier molecular flexibility index (Phi) is 6.54. The smallest absolute Gasteiger partial charge is 0.226 e. The van der Waals surface area contributed by atoms with Crippen LogP contribution in [0.15, 0.2) is 18.2 Å². The van der Waals surface area contributed by atoms with Gasteiger partial charge in [0.05, 0.1) is 30.0 Å². The van der Waals surface area contributed by atoms with Gasteiger partial charge in [-0.25, -0.2) is 0 Å². The molecule has 3 aliphatic heterocycles. The van der Waals surface area contributed by atoms with Gasteiger partial charge in [0.15, 0.2) is 0 Å². The molecule has 0 saturated carbocycles. The number of amides is 1. The number of carbonyl (C=O) groups excluding carboxylic acids is 1. The van der Waals surface area contributed by atoms with Crippen LogP contribution < -0.4 is 15.1 Å². The first kappa shape index (κ1) is 21.4. The fourth-order valence-electron chi connectivity index (χ4n) is 5.37. The van der Waals surface area contributed by atoms with Crippen molar-refractivity contribution in [3.8, 4) is 0 Å². The predicted molar refractivity (Wildman–Crippen MR) is 122 cm³/mol. The minimum atomic E-state index is -0.137. The van der Waals surface area contributed by atoms with Crippen LogP contribution in [0.5, 0.6) is 0 Å². The zero-order valence-electron chi connectivity index (χ0n) is 19.0. The third kappa shape index (κ3) is 4.30. The minimum absolute atomic E-state index is 0.137. The van der Waals surface area contributed by atoms with E-state index >= 15 is 0 Å². The number of nitrogens with zero attached hydrogens (tertiary/aromatic N) is 3. The van der Waals surface area contributed by atoms with Crippen molar-refractivity contribution in [3.05, 3.63) is 23.8 Å². The van der Waals surface area contributed by atoms with E-state index < -0.39 is 0 Å². The Morgan fingerprint density at radius 1 is 1.00 bits per heavy atom. The number of morpholine rings is 1. The van der Waals surface area contributed by atoms with Crippen LogP contribution in [-0.2, 0) is 9.53 Å². The van der Waals surface area contributed by atoms with E-state index in [0.29, 0.717) is 6.04 Å². The molecule has 166 valence electrons. The van der Waals surface area contributed by atoms with E-state index in [-0.39, 0.29) is 11.3 Å². The van der Waals surface area contributed by atoms with Crippen LogP contribution in [0.3, 0.4) is 0 Å². The van der Waals surface area contributed by atoms with Crippen LogP contribution in [0.2, 0.25) is 0 Å². The van der Waals surface area contributed by atoms with Crippen LogP contribution in [0.4, 0.5) is 11.4 Å². The van der Waals surface area contributed by atoms with Gasteiger partial charge < -0.3 is 19.9 Å². The molecule has 1 N–H and O–H groups in total. The van der Waals surface area contributed by atoms with Crippen molar-refractivity contribution < 1.29 is 9.53 Å². The molecule has 1 amide bonds. The van der Waals surface area contributed by atoms with Crippen LogP contribution in [0.25, 0.3) is 0 Å². The molecule has 4 rings (SSSR count). The topological polar surface area (TPSA) is 48.1 Å². The third-order valence-electron chi connectivity index (χ3n) is 7.48. The van der Waals surface area contributed by atoms with Crippen molar-refractivity contribution in [1.29, 1.82) is 0 Å². The maximum absolute atomic E-state index is 12.5. The SMILES string of the molecule is CCC1(CC)C[C@H](CN2CCN(c3ccc(C)cc3N3CCOCC3)CC2)NC1=O. The number of hydrogen-bond donors (Lipinski definition) is 1. The summed E-state index contributed by atoms with van der Waals surface area (Å²) in [5, 5.41) is 3.28. The Hall–Kier alpha value is -1.79. The molecule has 3 saturated heterocycles. The summed E-state index contributed by atoms with van der Waals surface area (Å²) in [7, 11) is 0. The highest BCUT2D eigenvalue weighted by molar-refractivity contribution is 5.85. The van der Waals surface area contributed by atoms with Gasteiger partial charge in [-0.05, 0) is 43.9 Å². The second-order valence-electron chi connectivity index (χ2n) is 9.24. The molecule has 0 aromatic heterocycles. The second-order valence-corrected chi connectivity index (χ2v) is 9.24. The maximum atomic E-state index is 12.5. The zero-order chi connectivity index (χ0) is 21.1. The molecule has 0 aliphatic carbocycles. The molecule has 0 spiro atoms. The number of aryl methyl sites for hydroxylation is 1. The summed E-state index contributed by atoms with van der Waals surface area (Å²) in [6, 6.07) is 7.15. The molecule has 1 aromatic rings. The average molecular weight is 415 g/mol. The number of piperazine rings is 1. The number of anilines is 2. The molecular formula is C24H38N4O2. The van der Waals surface area contributed by atoms with Gasteiger partial charge in [-0.3, -0.25) is 9.69 Å². The average Bonchev–Trinajstić information content (AvgIpc) is 3.10. The van der Waals surface area contributed by atoms with Gasteiger partial charge in [0.1, 0.15) is 0 Å². The van der Waals surface area contributed by atoms with E-state index in [0.717, 1.165) is 78.3 Å². The molecule has 0 radical (unpaired) electrons. The Morgan fingerprint density at radius 2 is 1.67 bits per heavy atom. The van der Waals surface area contributed by atoms with Gasteiger partial charge in [-0.1, -0.05) is 19.9 Å². The normalized spacial score (nSPS) is 24.9. The molecule has 1 aromatic carbocycles. The first-order valence-electron chi connectivity index (χ1n) is 11.8. The number of ether oxygens (including phenoxy) is 1. The van der Waals surface area contributed by atoms with Crippen molar-refractivity contribution >= 4 is 17.3 Å². The van der Waals surface area contributed by atoms with Gasteiger partial charge in [-0.2, -0.15) is 0 Å². The largest absolute Gasteiger partial charge is 0.378 e. The lowest BCUT2D eigenvalue weighted by Gasteiger charge is -2.40. The number of carbonyl (C=O) groups is 1. The number of rotatable bonds is 6. The molecule has 3 heterocycles. The second kappa shape index (κ2) is 9.15. The molecule has 3 fully saturated rings. The molecule has 6 nitrogen and oxygen atoms in total. The summed E-state index contributed by atoms with van der Waals surface area (Å²) in [6.45, 7) is 15.2. The lowest BCUT2D eigenvalue weighted by molar-refractivity contribution is -0.128. The number of nitrogens with one attached hydrogen (secondary N) is 1. The van der Waals surface area contributed by atoms with Crippen LogP contribution in [0.1, 0.15) is 38.7 Å². The summed E-state index contributed by atoms with van der Waals surface area (Å²) >= 11 is 0. The van der Waals surface area contributed by atoms with E-state index in [9.17, 15) is 4.79 Å². The highest BCUT2D eigenvalue weighted by atomic mass is 16.5. The zero-order valence-corrected chi connectivity index (χ0v) is 19.0. The lowest BCUT2D eigenvalue weighted by atomic mass is 9.79. The van der Waals surface area contributed by atoms with Crippen molar-refractivity contribution in [2.45, 2.75) is 46.1 Å². The predicted octanol–water partition coefficient (Wildman–Crippen LogP) is 2.65. The van der Waals surface area contributed by atoms with Crippen LogP contribution in [-0.4, -0.2) is 75.9 Å². The summed E-state index contributed by atoms with van der Waals surface area (Å²) < 4.78 is 5.56.